The van der Waals surface area contributed by atoms with Crippen LogP contribution in [0.2, 0.25) is 5.15 Å². The molecule has 0 bridgehead atoms. The van der Waals surface area contributed by atoms with E-state index in [2.05, 4.69) is 10.3 Å². The molecule has 2 aliphatic rings. The second-order valence-corrected chi connectivity index (χ2v) is 9.28. The lowest BCUT2D eigenvalue weighted by Crippen LogP contribution is -2.49. The number of nitrogens with zero attached hydrogens (tertiary/aromatic N) is 4. The first-order chi connectivity index (χ1) is 15.1. The van der Waals surface area contributed by atoms with Crippen LogP contribution < -0.4 is 10.9 Å². The van der Waals surface area contributed by atoms with Gasteiger partial charge in [-0.05, 0) is 44.0 Å². The molecule has 1 aromatic carbocycles. The van der Waals surface area contributed by atoms with Gasteiger partial charge >= 0.3 is 0 Å². The summed E-state index contributed by atoms with van der Waals surface area (Å²) in [6, 6.07) is 8.67. The number of anilines is 1. The van der Waals surface area contributed by atoms with Gasteiger partial charge in [-0.15, -0.1) is 0 Å². The maximum Gasteiger partial charge on any atom is 0.261 e. The Labute approximate surface area is 187 Å². The number of hydrogen-bond acceptors (Lipinski definition) is 5. The minimum atomic E-state index is -2.71. The van der Waals surface area contributed by atoms with Crippen molar-refractivity contribution in [3.63, 3.8) is 0 Å². The summed E-state index contributed by atoms with van der Waals surface area (Å²) in [6.45, 7) is 4.20. The van der Waals surface area contributed by atoms with Gasteiger partial charge in [-0.3, -0.25) is 9.36 Å². The first-order valence-corrected chi connectivity index (χ1v) is 10.8. The Kier molecular flexibility index (Phi) is 4.54. The number of pyridine rings is 1. The third-order valence-electron chi connectivity index (χ3n) is 6.52. The van der Waals surface area contributed by atoms with E-state index in [9.17, 15) is 18.8 Å². The van der Waals surface area contributed by atoms with Crippen LogP contribution in [0, 0.1) is 18.3 Å². The fraction of sp³-hybridized carbons (Fsp3) is 0.391. The van der Waals surface area contributed by atoms with Gasteiger partial charge in [-0.25, -0.2) is 18.7 Å². The molecule has 0 saturated heterocycles. The molecule has 0 radical (unpaired) electrons. The Morgan fingerprint density at radius 1 is 1.28 bits per heavy atom. The van der Waals surface area contributed by atoms with Crippen LogP contribution in [-0.2, 0) is 12.0 Å². The number of alkyl halides is 2. The number of halogens is 3. The van der Waals surface area contributed by atoms with Gasteiger partial charge in [0.2, 0.25) is 5.92 Å². The van der Waals surface area contributed by atoms with Crippen molar-refractivity contribution in [3.05, 3.63) is 62.4 Å². The summed E-state index contributed by atoms with van der Waals surface area (Å²) in [5.41, 5.74) is 1.89. The number of aromatic nitrogens is 3. The van der Waals surface area contributed by atoms with E-state index in [1.165, 1.54) is 0 Å². The van der Waals surface area contributed by atoms with E-state index >= 15 is 0 Å². The fourth-order valence-electron chi connectivity index (χ4n) is 5.10. The zero-order valence-corrected chi connectivity index (χ0v) is 18.3. The van der Waals surface area contributed by atoms with Gasteiger partial charge in [-0.1, -0.05) is 17.7 Å². The Morgan fingerprint density at radius 3 is 2.72 bits per heavy atom. The minimum Gasteiger partial charge on any atom is -0.376 e. The van der Waals surface area contributed by atoms with Crippen molar-refractivity contribution in [1.82, 2.24) is 14.5 Å². The molecule has 1 saturated carbocycles. The molecule has 5 rings (SSSR count). The van der Waals surface area contributed by atoms with E-state index in [1.807, 2.05) is 26.0 Å². The standard InChI is InChI=1S/C23H20ClF2N5O/c1-12-7-14(13(2)28-16-3-4-18(24)29-17(16)9-27)19-15(8-12)20(32)31-6-5-22(21(31)30-19)10-23(25,26)11-22/h3-4,7-8,13,28H,5-6,10-11H2,1-2H3/t13-/m1/s1. The third kappa shape index (κ3) is 3.15. The van der Waals surface area contributed by atoms with Crippen molar-refractivity contribution in [2.24, 2.45) is 0 Å². The molecule has 1 fully saturated rings. The van der Waals surface area contributed by atoms with Crippen LogP contribution in [0.4, 0.5) is 14.5 Å². The number of hydrogen-bond donors (Lipinski definition) is 1. The largest absolute Gasteiger partial charge is 0.376 e. The molecule has 1 aliphatic carbocycles. The highest BCUT2D eigenvalue weighted by Gasteiger charge is 2.61. The lowest BCUT2D eigenvalue weighted by atomic mass is 9.65. The van der Waals surface area contributed by atoms with Crippen molar-refractivity contribution < 1.29 is 8.78 Å². The molecule has 6 nitrogen and oxygen atoms in total. The number of aryl methyl sites for hydroxylation is 1. The van der Waals surface area contributed by atoms with E-state index in [0.29, 0.717) is 35.4 Å². The molecule has 0 unspecified atom stereocenters. The number of fused-ring (bicyclic) bond motifs is 3. The monoisotopic (exact) mass is 455 g/mol. The van der Waals surface area contributed by atoms with E-state index in [0.717, 1.165) is 11.1 Å². The molecular weight excluding hydrogens is 436 g/mol. The SMILES string of the molecule is Cc1cc([C@@H](C)Nc2ccc(Cl)nc2C#N)c2nc3n(c(=O)c2c1)CCC31CC(F)(F)C1. The number of rotatable bonds is 3. The zero-order chi connectivity index (χ0) is 22.8. The van der Waals surface area contributed by atoms with Crippen LogP contribution in [0.15, 0.2) is 29.1 Å². The average Bonchev–Trinajstić information content (AvgIpc) is 3.07. The van der Waals surface area contributed by atoms with Crippen molar-refractivity contribution in [3.8, 4) is 6.07 Å². The molecule has 1 atom stereocenters. The third-order valence-corrected chi connectivity index (χ3v) is 6.73. The lowest BCUT2D eigenvalue weighted by molar-refractivity contribution is -0.127. The molecule has 2 aromatic heterocycles. The summed E-state index contributed by atoms with van der Waals surface area (Å²) >= 11 is 5.90. The minimum absolute atomic E-state index is 0.158. The maximum atomic E-state index is 13.8. The highest BCUT2D eigenvalue weighted by molar-refractivity contribution is 6.29. The molecular formula is C23H20ClF2N5O. The van der Waals surface area contributed by atoms with Gasteiger partial charge in [0.25, 0.3) is 5.56 Å². The zero-order valence-electron chi connectivity index (χ0n) is 17.5. The Balaban J connectivity index is 1.63. The van der Waals surface area contributed by atoms with Gasteiger partial charge in [-0.2, -0.15) is 5.26 Å². The smallest absolute Gasteiger partial charge is 0.261 e. The molecule has 164 valence electrons. The van der Waals surface area contributed by atoms with Crippen LogP contribution in [0.3, 0.4) is 0 Å². The summed E-state index contributed by atoms with van der Waals surface area (Å²) in [6.07, 6.45) is -0.0327. The summed E-state index contributed by atoms with van der Waals surface area (Å²) in [7, 11) is 0. The van der Waals surface area contributed by atoms with Crippen LogP contribution in [0.1, 0.15) is 54.9 Å². The lowest BCUT2D eigenvalue weighted by Gasteiger charge is -2.43. The molecule has 3 aromatic rings. The van der Waals surface area contributed by atoms with Crippen LogP contribution in [0.25, 0.3) is 10.9 Å². The molecule has 1 N–H and O–H groups in total. The second-order valence-electron chi connectivity index (χ2n) is 8.89. The number of benzene rings is 1. The van der Waals surface area contributed by atoms with Crippen molar-refractivity contribution >= 4 is 28.2 Å². The summed E-state index contributed by atoms with van der Waals surface area (Å²) in [5, 5.41) is 13.3. The van der Waals surface area contributed by atoms with Gasteiger partial charge in [0.1, 0.15) is 17.0 Å². The Hall–Kier alpha value is -3.05. The van der Waals surface area contributed by atoms with Crippen LogP contribution in [0.5, 0.6) is 0 Å². The van der Waals surface area contributed by atoms with Crippen LogP contribution >= 0.6 is 11.6 Å². The molecule has 1 spiro atoms. The summed E-state index contributed by atoms with van der Waals surface area (Å²) in [4.78, 5) is 22.1. The van der Waals surface area contributed by atoms with Crippen molar-refractivity contribution in [2.75, 3.05) is 5.32 Å². The van der Waals surface area contributed by atoms with Gasteiger partial charge in [0, 0.05) is 30.4 Å². The van der Waals surface area contributed by atoms with Crippen molar-refractivity contribution in [1.29, 1.82) is 5.26 Å². The van der Waals surface area contributed by atoms with E-state index in [4.69, 9.17) is 16.6 Å². The summed E-state index contributed by atoms with van der Waals surface area (Å²) < 4.78 is 29.1. The Morgan fingerprint density at radius 2 is 2.03 bits per heavy atom. The maximum absolute atomic E-state index is 13.8. The molecule has 1 aliphatic heterocycles. The highest BCUT2D eigenvalue weighted by Crippen LogP contribution is 2.57. The van der Waals surface area contributed by atoms with E-state index < -0.39 is 11.3 Å². The van der Waals surface area contributed by atoms with Gasteiger partial charge < -0.3 is 5.32 Å². The number of nitrogens with one attached hydrogen (secondary N) is 1. The molecule has 0 amide bonds. The fourth-order valence-corrected chi connectivity index (χ4v) is 5.25. The van der Waals surface area contributed by atoms with Crippen LogP contribution in [-0.4, -0.2) is 20.5 Å². The second kappa shape index (κ2) is 6.97. The molecule has 9 heteroatoms. The van der Waals surface area contributed by atoms with E-state index in [-0.39, 0.29) is 35.3 Å². The predicted octanol–water partition coefficient (Wildman–Crippen LogP) is 4.87. The highest BCUT2D eigenvalue weighted by atomic mass is 35.5. The molecule has 3 heterocycles. The van der Waals surface area contributed by atoms with E-state index in [1.54, 1.807) is 22.8 Å². The topological polar surface area (TPSA) is 83.6 Å². The van der Waals surface area contributed by atoms with Gasteiger partial charge in [0.15, 0.2) is 5.69 Å². The summed E-state index contributed by atoms with van der Waals surface area (Å²) in [5.74, 6) is -2.24. The van der Waals surface area contributed by atoms with Gasteiger partial charge in [0.05, 0.1) is 22.6 Å². The molecule has 32 heavy (non-hydrogen) atoms. The first kappa shape index (κ1) is 20.8. The quantitative estimate of drug-likeness (QED) is 0.570. The normalized spacial score (nSPS) is 18.8. The Bertz CT molecular complexity index is 1370. The first-order valence-electron chi connectivity index (χ1n) is 10.4. The number of nitriles is 1. The van der Waals surface area contributed by atoms with Crippen molar-refractivity contribution in [2.45, 2.75) is 57.0 Å². The predicted molar refractivity (Wildman–Crippen MR) is 117 cm³/mol. The average molecular weight is 456 g/mol.